The van der Waals surface area contributed by atoms with Gasteiger partial charge in [0, 0.05) is 23.0 Å². The Bertz CT molecular complexity index is 851. The van der Waals surface area contributed by atoms with Crippen LogP contribution < -0.4 is 5.32 Å². The quantitative estimate of drug-likeness (QED) is 0.526. The van der Waals surface area contributed by atoms with E-state index in [1.54, 1.807) is 0 Å². The van der Waals surface area contributed by atoms with Crippen molar-refractivity contribution in [2.75, 3.05) is 5.32 Å². The van der Waals surface area contributed by atoms with Crippen LogP contribution in [0, 0.1) is 6.92 Å². The highest BCUT2D eigenvalue weighted by Crippen LogP contribution is 2.53. The first-order valence-electron chi connectivity index (χ1n) is 7.14. The topological polar surface area (TPSA) is 42.0 Å². The van der Waals surface area contributed by atoms with Gasteiger partial charge >= 0.3 is 18.0 Å². The zero-order chi connectivity index (χ0) is 20.6. The number of carbonyl (C=O) groups is 1. The minimum Gasteiger partial charge on any atom is -0.322 e. The monoisotopic (exact) mass is 414 g/mol. The predicted molar refractivity (Wildman–Crippen MR) is 83.3 cm³/mol. The first-order chi connectivity index (χ1) is 12.3. The number of aromatic nitrogens is 1. The van der Waals surface area contributed by atoms with Gasteiger partial charge in [0.05, 0.1) is 0 Å². The molecule has 0 aliphatic rings. The number of anilines is 1. The number of nitrogens with zero attached hydrogens (tertiary/aromatic N) is 1. The number of nitrogens with one attached hydrogen (secondary N) is 1. The van der Waals surface area contributed by atoms with E-state index in [1.807, 2.05) is 0 Å². The molecule has 0 saturated heterocycles. The number of rotatable bonds is 3. The van der Waals surface area contributed by atoms with E-state index < -0.39 is 29.5 Å². The van der Waals surface area contributed by atoms with Crippen LogP contribution in [0.5, 0.6) is 0 Å². The van der Waals surface area contributed by atoms with Crippen molar-refractivity contribution < 1.29 is 35.5 Å². The summed E-state index contributed by atoms with van der Waals surface area (Å²) in [5.74, 6) is -0.728. The molecule has 11 heteroatoms. The molecule has 0 atom stereocenters. The molecule has 1 aromatic heterocycles. The maximum absolute atomic E-state index is 14.1. The van der Waals surface area contributed by atoms with Crippen molar-refractivity contribution in [2.24, 2.45) is 0 Å². The summed E-state index contributed by atoms with van der Waals surface area (Å²) in [6.07, 6.45) is -11.2. The molecular weight excluding hydrogens is 405 g/mol. The number of pyridine rings is 1. The fourth-order valence-electron chi connectivity index (χ4n) is 2.24. The molecule has 0 spiro atoms. The van der Waals surface area contributed by atoms with Crippen molar-refractivity contribution in [3.63, 3.8) is 0 Å². The highest BCUT2D eigenvalue weighted by atomic mass is 35.5. The molecule has 1 aromatic carbocycles. The number of carbonyl (C=O) groups excluding carboxylic acids is 1. The van der Waals surface area contributed by atoms with Crippen LogP contribution >= 0.6 is 11.6 Å². The zero-order valence-electron chi connectivity index (χ0n) is 13.3. The Morgan fingerprint density at radius 1 is 1.00 bits per heavy atom. The molecule has 0 radical (unpaired) electrons. The van der Waals surface area contributed by atoms with Crippen molar-refractivity contribution in [2.45, 2.75) is 24.9 Å². The summed E-state index contributed by atoms with van der Waals surface area (Å²) in [7, 11) is 0. The third-order valence-electron chi connectivity index (χ3n) is 3.64. The molecule has 146 valence electrons. The van der Waals surface area contributed by atoms with Gasteiger partial charge in [-0.05, 0) is 30.7 Å². The summed E-state index contributed by atoms with van der Waals surface area (Å²) in [4.78, 5) is 15.7. The third kappa shape index (κ3) is 4.00. The molecule has 0 fully saturated rings. The number of benzene rings is 1. The molecule has 0 bridgehead atoms. The van der Waals surface area contributed by atoms with Gasteiger partial charge < -0.3 is 5.32 Å². The van der Waals surface area contributed by atoms with Crippen LogP contribution in [0.15, 0.2) is 36.5 Å². The summed E-state index contributed by atoms with van der Waals surface area (Å²) < 4.78 is 90.9. The molecule has 0 aliphatic carbocycles. The highest BCUT2D eigenvalue weighted by molar-refractivity contribution is 6.29. The molecule has 1 N–H and O–H groups in total. The summed E-state index contributed by atoms with van der Waals surface area (Å²) in [5.41, 5.74) is -7.40. The maximum Gasteiger partial charge on any atom is 0.435 e. The second-order valence-electron chi connectivity index (χ2n) is 5.51. The molecule has 2 aromatic rings. The average molecular weight is 415 g/mol. The van der Waals surface area contributed by atoms with E-state index in [-0.39, 0.29) is 22.0 Å². The molecule has 0 aliphatic heterocycles. The summed E-state index contributed by atoms with van der Waals surface area (Å²) >= 11 is 5.63. The number of halogens is 8. The number of amides is 1. The molecular formula is C16H10ClF7N2O. The summed E-state index contributed by atoms with van der Waals surface area (Å²) in [6, 6.07) is 3.97. The minimum atomic E-state index is -6.21. The van der Waals surface area contributed by atoms with E-state index in [2.05, 4.69) is 10.3 Å². The zero-order valence-corrected chi connectivity index (χ0v) is 14.1. The molecule has 0 unspecified atom stereocenters. The molecule has 1 heterocycles. The smallest absolute Gasteiger partial charge is 0.322 e. The van der Waals surface area contributed by atoms with Crippen molar-refractivity contribution in [1.29, 1.82) is 0 Å². The normalized spacial score (nSPS) is 12.8. The van der Waals surface area contributed by atoms with E-state index in [0.29, 0.717) is 12.1 Å². The van der Waals surface area contributed by atoms with E-state index >= 15 is 0 Å². The average Bonchev–Trinajstić information content (AvgIpc) is 2.53. The summed E-state index contributed by atoms with van der Waals surface area (Å²) in [6.45, 7) is 1.13. The van der Waals surface area contributed by atoms with Gasteiger partial charge in [-0.25, -0.2) is 9.37 Å². The standard InChI is InChI=1S/C16H10ClF7N2O/c1-8-6-10(14(18,15(19,20)21)16(22,23)24)2-3-11(8)26-13(27)9-4-5-25-12(17)7-9/h2-7H,1H3,(H,26,27). The Labute approximate surface area is 153 Å². The Morgan fingerprint density at radius 3 is 2.07 bits per heavy atom. The summed E-state index contributed by atoms with van der Waals surface area (Å²) in [5, 5.41) is 2.31. The number of aryl methyl sites for hydroxylation is 1. The van der Waals surface area contributed by atoms with Gasteiger partial charge in [0.15, 0.2) is 0 Å². The van der Waals surface area contributed by atoms with Gasteiger partial charge in [-0.15, -0.1) is 0 Å². The van der Waals surface area contributed by atoms with Crippen LogP contribution in [0.25, 0.3) is 0 Å². The fraction of sp³-hybridized carbons (Fsp3) is 0.250. The maximum atomic E-state index is 14.1. The first-order valence-corrected chi connectivity index (χ1v) is 7.51. The van der Waals surface area contributed by atoms with Crippen LogP contribution in [0.2, 0.25) is 5.15 Å². The largest absolute Gasteiger partial charge is 0.435 e. The van der Waals surface area contributed by atoms with Crippen LogP contribution in [-0.4, -0.2) is 23.2 Å². The molecule has 1 amide bonds. The van der Waals surface area contributed by atoms with E-state index in [1.165, 1.54) is 18.3 Å². The fourth-order valence-corrected chi connectivity index (χ4v) is 2.42. The highest BCUT2D eigenvalue weighted by Gasteiger charge is 2.73. The van der Waals surface area contributed by atoms with E-state index in [9.17, 15) is 35.5 Å². The van der Waals surface area contributed by atoms with Gasteiger partial charge in [0.2, 0.25) is 0 Å². The lowest BCUT2D eigenvalue weighted by atomic mass is 9.92. The molecule has 0 saturated carbocycles. The van der Waals surface area contributed by atoms with Gasteiger partial charge in [0.1, 0.15) is 5.15 Å². The van der Waals surface area contributed by atoms with Crippen molar-refractivity contribution >= 4 is 23.2 Å². The van der Waals surface area contributed by atoms with Gasteiger partial charge in [0.25, 0.3) is 5.91 Å². The second-order valence-corrected chi connectivity index (χ2v) is 5.89. The van der Waals surface area contributed by atoms with Gasteiger partial charge in [-0.1, -0.05) is 23.7 Å². The van der Waals surface area contributed by atoms with Crippen molar-refractivity contribution in [1.82, 2.24) is 4.98 Å². The van der Waals surface area contributed by atoms with Crippen LogP contribution in [0.1, 0.15) is 21.5 Å². The predicted octanol–water partition coefficient (Wildman–Crippen LogP) is 5.59. The Kier molecular flexibility index (Phi) is 5.42. The van der Waals surface area contributed by atoms with Crippen molar-refractivity contribution in [3.8, 4) is 0 Å². The Morgan fingerprint density at radius 2 is 1.59 bits per heavy atom. The lowest BCUT2D eigenvalue weighted by Gasteiger charge is -2.30. The Hall–Kier alpha value is -2.36. The molecule has 2 rings (SSSR count). The number of alkyl halides is 7. The lowest BCUT2D eigenvalue weighted by molar-refractivity contribution is -0.348. The SMILES string of the molecule is Cc1cc(C(F)(C(F)(F)F)C(F)(F)F)ccc1NC(=O)c1ccnc(Cl)c1. The third-order valence-corrected chi connectivity index (χ3v) is 3.85. The minimum absolute atomic E-state index is 0.00675. The lowest BCUT2D eigenvalue weighted by Crippen LogP contribution is -2.50. The van der Waals surface area contributed by atoms with Gasteiger partial charge in [-0.3, -0.25) is 4.79 Å². The van der Waals surface area contributed by atoms with Gasteiger partial charge in [-0.2, -0.15) is 26.3 Å². The number of hydrogen-bond acceptors (Lipinski definition) is 2. The molecule has 3 nitrogen and oxygen atoms in total. The number of hydrogen-bond donors (Lipinski definition) is 1. The van der Waals surface area contributed by atoms with E-state index in [4.69, 9.17) is 11.6 Å². The van der Waals surface area contributed by atoms with Crippen LogP contribution in [-0.2, 0) is 5.67 Å². The first kappa shape index (κ1) is 20.9. The van der Waals surface area contributed by atoms with Crippen LogP contribution in [0.3, 0.4) is 0 Å². The van der Waals surface area contributed by atoms with Crippen molar-refractivity contribution in [3.05, 3.63) is 58.4 Å². The van der Waals surface area contributed by atoms with E-state index in [0.717, 1.165) is 13.0 Å². The Balaban J connectivity index is 2.39. The molecule has 27 heavy (non-hydrogen) atoms. The second kappa shape index (κ2) is 6.99. The van der Waals surface area contributed by atoms with Crippen LogP contribution in [0.4, 0.5) is 36.4 Å².